The molecule has 0 bridgehead atoms. The summed E-state index contributed by atoms with van der Waals surface area (Å²) in [6, 6.07) is 22.1. The zero-order chi connectivity index (χ0) is 25.3. The first-order chi connectivity index (χ1) is 17.5. The summed E-state index contributed by atoms with van der Waals surface area (Å²) in [6.45, 7) is 1.61. The Balaban J connectivity index is 1.22. The summed E-state index contributed by atoms with van der Waals surface area (Å²) in [5.74, 6) is 2.44. The number of ether oxygens (including phenoxy) is 3. The van der Waals surface area contributed by atoms with Gasteiger partial charge in [-0.25, -0.2) is 0 Å². The molecule has 2 amide bonds. The summed E-state index contributed by atoms with van der Waals surface area (Å²) in [7, 11) is 3.13. The molecule has 0 spiro atoms. The molecule has 8 nitrogen and oxygen atoms in total. The molecule has 36 heavy (non-hydrogen) atoms. The van der Waals surface area contributed by atoms with E-state index in [4.69, 9.17) is 14.2 Å². The molecule has 4 rings (SSSR count). The van der Waals surface area contributed by atoms with E-state index in [1.54, 1.807) is 32.4 Å². The van der Waals surface area contributed by atoms with Crippen molar-refractivity contribution in [3.63, 3.8) is 0 Å². The molecule has 0 radical (unpaired) electrons. The Morgan fingerprint density at radius 3 is 2.17 bits per heavy atom. The lowest BCUT2D eigenvalue weighted by molar-refractivity contribution is -0.121. The fourth-order valence-corrected chi connectivity index (χ4v) is 4.12. The van der Waals surface area contributed by atoms with Crippen molar-refractivity contribution in [1.82, 2.24) is 4.90 Å². The average Bonchev–Trinajstić information content (AvgIpc) is 2.91. The first kappa shape index (κ1) is 25.1. The summed E-state index contributed by atoms with van der Waals surface area (Å²) in [4.78, 5) is 27.4. The Morgan fingerprint density at radius 1 is 0.833 bits per heavy atom. The van der Waals surface area contributed by atoms with Crippen molar-refractivity contribution in [1.29, 1.82) is 0 Å². The van der Waals surface area contributed by atoms with Gasteiger partial charge in [0.15, 0.2) is 0 Å². The molecular formula is C28H31N3O5. The van der Waals surface area contributed by atoms with Crippen LogP contribution >= 0.6 is 0 Å². The SMILES string of the molecule is COc1ccc(NC(=O)CN2CCC(C(=O)Nc3ccc(Oc4ccccc4)cc3)CC2)c(OC)c1. The monoisotopic (exact) mass is 489 g/mol. The zero-order valence-electron chi connectivity index (χ0n) is 20.5. The highest BCUT2D eigenvalue weighted by atomic mass is 16.5. The quantitative estimate of drug-likeness (QED) is 0.450. The lowest BCUT2D eigenvalue weighted by atomic mass is 9.96. The molecule has 8 heteroatoms. The van der Waals surface area contributed by atoms with E-state index in [9.17, 15) is 9.59 Å². The van der Waals surface area contributed by atoms with Crippen LogP contribution < -0.4 is 24.8 Å². The van der Waals surface area contributed by atoms with Crippen LogP contribution in [0.15, 0.2) is 72.8 Å². The Hall–Kier alpha value is -4.04. The first-order valence-corrected chi connectivity index (χ1v) is 11.9. The third-order valence-electron chi connectivity index (χ3n) is 6.11. The highest BCUT2D eigenvalue weighted by Gasteiger charge is 2.26. The van der Waals surface area contributed by atoms with Crippen LogP contribution in [-0.4, -0.2) is 50.6 Å². The van der Waals surface area contributed by atoms with Gasteiger partial charge in [-0.1, -0.05) is 18.2 Å². The molecule has 1 aliphatic rings. The second kappa shape index (κ2) is 12.1. The number of carbonyl (C=O) groups is 2. The maximum absolute atomic E-state index is 12.8. The standard InChI is InChI=1S/C28H31N3O5/c1-34-24-12-13-25(26(18-24)35-2)30-27(32)19-31-16-14-20(15-17-31)28(33)29-21-8-10-23(11-9-21)36-22-6-4-3-5-7-22/h3-13,18,20H,14-17,19H2,1-2H3,(H,29,33)(H,30,32). The largest absolute Gasteiger partial charge is 0.497 e. The molecule has 1 heterocycles. The first-order valence-electron chi connectivity index (χ1n) is 11.9. The normalized spacial score (nSPS) is 14.1. The van der Waals surface area contributed by atoms with Gasteiger partial charge in [-0.15, -0.1) is 0 Å². The topological polar surface area (TPSA) is 89.1 Å². The van der Waals surface area contributed by atoms with Gasteiger partial charge in [0.25, 0.3) is 0 Å². The third kappa shape index (κ3) is 6.76. The van der Waals surface area contributed by atoms with Crippen LogP contribution in [0.2, 0.25) is 0 Å². The minimum absolute atomic E-state index is 0.00111. The van der Waals surface area contributed by atoms with E-state index in [1.165, 1.54) is 0 Å². The van der Waals surface area contributed by atoms with E-state index in [2.05, 4.69) is 15.5 Å². The molecule has 3 aromatic carbocycles. The number of rotatable bonds is 9. The fourth-order valence-electron chi connectivity index (χ4n) is 4.12. The van der Waals surface area contributed by atoms with Gasteiger partial charge in [0.2, 0.25) is 11.8 Å². The molecule has 1 saturated heterocycles. The molecule has 3 aromatic rings. The predicted octanol–water partition coefficient (Wildman–Crippen LogP) is 4.79. The van der Waals surface area contributed by atoms with E-state index in [0.29, 0.717) is 48.9 Å². The van der Waals surface area contributed by atoms with Gasteiger partial charge in [0.05, 0.1) is 26.5 Å². The van der Waals surface area contributed by atoms with Crippen molar-refractivity contribution in [2.75, 3.05) is 44.5 Å². The molecule has 0 saturated carbocycles. The number of piperidine rings is 1. The van der Waals surface area contributed by atoms with Gasteiger partial charge >= 0.3 is 0 Å². The van der Waals surface area contributed by atoms with Crippen molar-refractivity contribution in [2.45, 2.75) is 12.8 Å². The second-order valence-corrected chi connectivity index (χ2v) is 8.59. The van der Waals surface area contributed by atoms with E-state index in [1.807, 2.05) is 54.6 Å². The van der Waals surface area contributed by atoms with Crippen LogP contribution in [0.4, 0.5) is 11.4 Å². The minimum Gasteiger partial charge on any atom is -0.497 e. The highest BCUT2D eigenvalue weighted by molar-refractivity contribution is 5.94. The highest BCUT2D eigenvalue weighted by Crippen LogP contribution is 2.29. The van der Waals surface area contributed by atoms with Crippen molar-refractivity contribution >= 4 is 23.2 Å². The third-order valence-corrected chi connectivity index (χ3v) is 6.11. The maximum Gasteiger partial charge on any atom is 0.238 e. The summed E-state index contributed by atoms with van der Waals surface area (Å²) in [5.41, 5.74) is 1.33. The number of amides is 2. The number of nitrogens with one attached hydrogen (secondary N) is 2. The molecule has 0 atom stereocenters. The van der Waals surface area contributed by atoms with Crippen LogP contribution in [0.3, 0.4) is 0 Å². The smallest absolute Gasteiger partial charge is 0.238 e. The zero-order valence-corrected chi connectivity index (χ0v) is 20.5. The maximum atomic E-state index is 12.8. The summed E-state index contributed by atoms with van der Waals surface area (Å²) >= 11 is 0. The van der Waals surface area contributed by atoms with Crippen molar-refractivity contribution in [3.05, 3.63) is 72.8 Å². The molecule has 188 valence electrons. The average molecular weight is 490 g/mol. The minimum atomic E-state index is -0.126. The number of likely N-dealkylation sites (tertiary alicyclic amines) is 1. The summed E-state index contributed by atoms with van der Waals surface area (Å²) in [5, 5.41) is 5.89. The van der Waals surface area contributed by atoms with Crippen molar-refractivity contribution in [3.8, 4) is 23.0 Å². The van der Waals surface area contributed by atoms with Crippen LogP contribution in [0.1, 0.15) is 12.8 Å². The van der Waals surface area contributed by atoms with E-state index >= 15 is 0 Å². The number of benzene rings is 3. The van der Waals surface area contributed by atoms with Gasteiger partial charge in [0.1, 0.15) is 23.0 Å². The lowest BCUT2D eigenvalue weighted by Gasteiger charge is -2.30. The Morgan fingerprint density at radius 2 is 1.50 bits per heavy atom. The molecule has 0 unspecified atom stereocenters. The fraction of sp³-hybridized carbons (Fsp3) is 0.286. The predicted molar refractivity (Wildman–Crippen MR) is 139 cm³/mol. The van der Waals surface area contributed by atoms with E-state index < -0.39 is 0 Å². The molecular weight excluding hydrogens is 458 g/mol. The number of carbonyl (C=O) groups excluding carboxylic acids is 2. The lowest BCUT2D eigenvalue weighted by Crippen LogP contribution is -2.41. The summed E-state index contributed by atoms with van der Waals surface area (Å²) < 4.78 is 16.3. The number of para-hydroxylation sites is 1. The molecule has 2 N–H and O–H groups in total. The van der Waals surface area contributed by atoms with Gasteiger partial charge in [0, 0.05) is 17.7 Å². The van der Waals surface area contributed by atoms with Gasteiger partial charge in [-0.05, 0) is 74.5 Å². The van der Waals surface area contributed by atoms with Crippen LogP contribution in [0, 0.1) is 5.92 Å². The van der Waals surface area contributed by atoms with Gasteiger partial charge < -0.3 is 24.8 Å². The number of methoxy groups -OCH3 is 2. The second-order valence-electron chi connectivity index (χ2n) is 8.59. The van der Waals surface area contributed by atoms with E-state index in [-0.39, 0.29) is 24.3 Å². The van der Waals surface area contributed by atoms with Crippen molar-refractivity contribution in [2.24, 2.45) is 5.92 Å². The molecule has 0 aliphatic carbocycles. The van der Waals surface area contributed by atoms with E-state index in [0.717, 1.165) is 11.4 Å². The molecule has 1 aliphatic heterocycles. The Kier molecular flexibility index (Phi) is 8.41. The van der Waals surface area contributed by atoms with Gasteiger partial charge in [-0.2, -0.15) is 0 Å². The molecule has 1 fully saturated rings. The number of hydrogen-bond acceptors (Lipinski definition) is 6. The van der Waals surface area contributed by atoms with Crippen LogP contribution in [0.5, 0.6) is 23.0 Å². The number of anilines is 2. The Labute approximate surface area is 211 Å². The van der Waals surface area contributed by atoms with Crippen molar-refractivity contribution < 1.29 is 23.8 Å². The van der Waals surface area contributed by atoms with Gasteiger partial charge in [-0.3, -0.25) is 14.5 Å². The van der Waals surface area contributed by atoms with Crippen LogP contribution in [-0.2, 0) is 9.59 Å². The Bertz CT molecular complexity index is 1160. The summed E-state index contributed by atoms with van der Waals surface area (Å²) in [6.07, 6.45) is 1.39. The molecule has 0 aromatic heterocycles. The number of hydrogen-bond donors (Lipinski definition) is 2. The van der Waals surface area contributed by atoms with Crippen LogP contribution in [0.25, 0.3) is 0 Å². The number of nitrogens with zero attached hydrogens (tertiary/aromatic N) is 1.